The molecule has 0 aliphatic heterocycles. The van der Waals surface area contributed by atoms with Gasteiger partial charge in [-0.2, -0.15) is 5.10 Å². The molecule has 2 aromatic rings. The molecule has 0 amide bonds. The Morgan fingerprint density at radius 3 is 3.00 bits per heavy atom. The lowest BCUT2D eigenvalue weighted by Crippen LogP contribution is -2.13. The van der Waals surface area contributed by atoms with Crippen molar-refractivity contribution in [3.05, 3.63) is 40.3 Å². The normalized spacial score (nSPS) is 10.4. The fourth-order valence-electron chi connectivity index (χ4n) is 1.56. The number of rotatable bonds is 3. The maximum atomic E-state index is 11.8. The van der Waals surface area contributed by atoms with Gasteiger partial charge >= 0.3 is 5.97 Å². The van der Waals surface area contributed by atoms with Crippen LogP contribution in [0.4, 0.5) is 0 Å². The molecule has 0 saturated carbocycles. The summed E-state index contributed by atoms with van der Waals surface area (Å²) in [7, 11) is 0. The number of pyridine rings is 1. The summed E-state index contributed by atoms with van der Waals surface area (Å²) in [5.41, 5.74) is 1.28. The highest BCUT2D eigenvalue weighted by molar-refractivity contribution is 9.10. The lowest BCUT2D eigenvalue weighted by molar-refractivity contribution is 0.0515. The van der Waals surface area contributed by atoms with Crippen LogP contribution >= 0.6 is 15.9 Å². The van der Waals surface area contributed by atoms with Crippen LogP contribution in [0.1, 0.15) is 23.0 Å². The molecule has 0 saturated heterocycles. The van der Waals surface area contributed by atoms with Gasteiger partial charge in [-0.3, -0.25) is 0 Å². The van der Waals surface area contributed by atoms with Crippen LogP contribution < -0.4 is 0 Å². The zero-order valence-corrected chi connectivity index (χ0v) is 11.6. The molecule has 2 rings (SSSR count). The molecule has 0 aromatic carbocycles. The number of aryl methyl sites for hydroxylation is 1. The smallest absolute Gasteiger partial charge is 0.357 e. The van der Waals surface area contributed by atoms with E-state index in [4.69, 9.17) is 4.74 Å². The third kappa shape index (κ3) is 2.43. The second-order valence-electron chi connectivity index (χ2n) is 3.63. The maximum Gasteiger partial charge on any atom is 0.357 e. The molecule has 6 heteroatoms. The summed E-state index contributed by atoms with van der Waals surface area (Å²) < 4.78 is 7.04. The van der Waals surface area contributed by atoms with Gasteiger partial charge in [0.05, 0.1) is 6.61 Å². The van der Waals surface area contributed by atoms with E-state index in [1.165, 1.54) is 4.68 Å². The zero-order chi connectivity index (χ0) is 13.1. The number of aromatic nitrogens is 3. The third-order valence-corrected chi connectivity index (χ3v) is 2.73. The minimum atomic E-state index is -0.416. The number of nitrogens with zero attached hydrogens (tertiary/aromatic N) is 3. The summed E-state index contributed by atoms with van der Waals surface area (Å²) in [6.07, 6.45) is 1.66. The predicted octanol–water partition coefficient (Wildman–Crippen LogP) is 2.51. The number of halogens is 1. The quantitative estimate of drug-likeness (QED) is 0.817. The highest BCUT2D eigenvalue weighted by Gasteiger charge is 2.18. The van der Waals surface area contributed by atoms with Gasteiger partial charge in [0.25, 0.3) is 0 Å². The van der Waals surface area contributed by atoms with Gasteiger partial charge in [-0.1, -0.05) is 6.07 Å². The maximum absolute atomic E-state index is 11.8. The largest absolute Gasteiger partial charge is 0.461 e. The van der Waals surface area contributed by atoms with Gasteiger partial charge in [0.1, 0.15) is 4.60 Å². The molecule has 0 N–H and O–H groups in total. The topological polar surface area (TPSA) is 57.0 Å². The summed E-state index contributed by atoms with van der Waals surface area (Å²) >= 11 is 3.26. The Bertz CT molecular complexity index is 580. The van der Waals surface area contributed by atoms with Gasteiger partial charge in [-0.25, -0.2) is 14.5 Å². The van der Waals surface area contributed by atoms with E-state index in [0.29, 0.717) is 22.7 Å². The van der Waals surface area contributed by atoms with Gasteiger partial charge in [0, 0.05) is 12.3 Å². The van der Waals surface area contributed by atoms with Crippen molar-refractivity contribution >= 4 is 21.9 Å². The number of hydrogen-bond acceptors (Lipinski definition) is 4. The van der Waals surface area contributed by atoms with Crippen molar-refractivity contribution in [2.45, 2.75) is 13.8 Å². The molecular weight excluding hydrogens is 298 g/mol. The van der Waals surface area contributed by atoms with E-state index >= 15 is 0 Å². The van der Waals surface area contributed by atoms with E-state index in [-0.39, 0.29) is 0 Å². The summed E-state index contributed by atoms with van der Waals surface area (Å²) in [5.74, 6) is 0.201. The van der Waals surface area contributed by atoms with Crippen LogP contribution in [-0.4, -0.2) is 27.3 Å². The predicted molar refractivity (Wildman–Crippen MR) is 69.8 cm³/mol. The average Bonchev–Trinajstić information content (AvgIpc) is 2.72. The Morgan fingerprint density at radius 2 is 2.33 bits per heavy atom. The molecule has 0 fully saturated rings. The molecule has 94 valence electrons. The highest BCUT2D eigenvalue weighted by atomic mass is 79.9. The van der Waals surface area contributed by atoms with Gasteiger partial charge < -0.3 is 4.74 Å². The molecule has 0 spiro atoms. The molecular formula is C12H12BrN3O2. The van der Waals surface area contributed by atoms with Crippen LogP contribution in [0.5, 0.6) is 0 Å². The molecule has 0 aliphatic rings. The zero-order valence-electron chi connectivity index (χ0n) is 10.1. The first-order valence-corrected chi connectivity index (χ1v) is 6.27. The lowest BCUT2D eigenvalue weighted by Gasteiger charge is -2.07. The van der Waals surface area contributed by atoms with E-state index < -0.39 is 5.97 Å². The fourth-order valence-corrected chi connectivity index (χ4v) is 1.94. The van der Waals surface area contributed by atoms with Crippen LogP contribution in [-0.2, 0) is 4.74 Å². The summed E-state index contributed by atoms with van der Waals surface area (Å²) in [4.78, 5) is 16.1. The second-order valence-corrected chi connectivity index (χ2v) is 4.44. The Hall–Kier alpha value is -1.69. The molecule has 0 bridgehead atoms. The lowest BCUT2D eigenvalue weighted by atomic mass is 10.3. The van der Waals surface area contributed by atoms with Crippen LogP contribution in [0.25, 0.3) is 5.82 Å². The molecule has 2 heterocycles. The Balaban J connectivity index is 2.51. The van der Waals surface area contributed by atoms with Crippen LogP contribution in [0.2, 0.25) is 0 Å². The van der Waals surface area contributed by atoms with Crippen LogP contribution in [0.15, 0.2) is 29.0 Å². The first kappa shape index (κ1) is 12.8. The van der Waals surface area contributed by atoms with Gasteiger partial charge in [-0.05, 0) is 41.4 Å². The van der Waals surface area contributed by atoms with Crippen LogP contribution in [0, 0.1) is 6.92 Å². The van der Waals surface area contributed by atoms with E-state index in [2.05, 4.69) is 26.0 Å². The summed E-state index contributed by atoms with van der Waals surface area (Å²) in [5, 5.41) is 4.22. The van der Waals surface area contributed by atoms with Crippen molar-refractivity contribution in [2.24, 2.45) is 0 Å². The number of carbonyl (C=O) groups is 1. The number of hydrogen-bond donors (Lipinski definition) is 0. The van der Waals surface area contributed by atoms with Gasteiger partial charge in [0.2, 0.25) is 0 Å². The summed E-state index contributed by atoms with van der Waals surface area (Å²) in [6.45, 7) is 4.00. The molecule has 5 nitrogen and oxygen atoms in total. The molecule has 0 unspecified atom stereocenters. The van der Waals surface area contributed by atoms with Crippen molar-refractivity contribution in [1.82, 2.24) is 14.8 Å². The van der Waals surface area contributed by atoms with E-state index in [0.717, 1.165) is 5.56 Å². The van der Waals surface area contributed by atoms with E-state index in [1.54, 1.807) is 19.2 Å². The van der Waals surface area contributed by atoms with Gasteiger partial charge in [-0.15, -0.1) is 0 Å². The highest BCUT2D eigenvalue weighted by Crippen LogP contribution is 2.18. The summed E-state index contributed by atoms with van der Waals surface area (Å²) in [6, 6.07) is 5.36. The minimum Gasteiger partial charge on any atom is -0.461 e. The molecule has 0 radical (unpaired) electrons. The third-order valence-electron chi connectivity index (χ3n) is 2.35. The van der Waals surface area contributed by atoms with Crippen molar-refractivity contribution in [3.8, 4) is 5.82 Å². The first-order valence-electron chi connectivity index (χ1n) is 5.48. The van der Waals surface area contributed by atoms with Crippen molar-refractivity contribution < 1.29 is 9.53 Å². The second kappa shape index (κ2) is 5.30. The minimum absolute atomic E-state index is 0.322. The number of esters is 1. The van der Waals surface area contributed by atoms with Crippen molar-refractivity contribution in [2.75, 3.05) is 6.61 Å². The Morgan fingerprint density at radius 1 is 1.56 bits per heavy atom. The Labute approximate surface area is 113 Å². The standard InChI is InChI=1S/C12H12BrN3O2/c1-3-18-12(17)9-7-10(13)15-16(9)11-8(2)5-4-6-14-11/h4-7H,3H2,1-2H3. The molecule has 0 aliphatic carbocycles. The van der Waals surface area contributed by atoms with Crippen molar-refractivity contribution in [1.29, 1.82) is 0 Å². The number of carbonyl (C=O) groups excluding carboxylic acids is 1. The van der Waals surface area contributed by atoms with Crippen molar-refractivity contribution in [3.63, 3.8) is 0 Å². The molecule has 18 heavy (non-hydrogen) atoms. The van der Waals surface area contributed by atoms with Crippen LogP contribution in [0.3, 0.4) is 0 Å². The Kier molecular flexibility index (Phi) is 3.76. The first-order chi connectivity index (χ1) is 8.63. The number of ether oxygens (including phenoxy) is 1. The molecule has 0 atom stereocenters. The van der Waals surface area contributed by atoms with E-state index in [9.17, 15) is 4.79 Å². The fraction of sp³-hybridized carbons (Fsp3) is 0.250. The van der Waals surface area contributed by atoms with Gasteiger partial charge in [0.15, 0.2) is 11.5 Å². The van der Waals surface area contributed by atoms with E-state index in [1.807, 2.05) is 19.1 Å². The SMILES string of the molecule is CCOC(=O)c1cc(Br)nn1-c1ncccc1C. The average molecular weight is 310 g/mol. The molecule has 2 aromatic heterocycles. The monoisotopic (exact) mass is 309 g/mol.